The molecular formula is C46H56ClN11O8S. The van der Waals surface area contributed by atoms with Gasteiger partial charge in [-0.1, -0.05) is 24.6 Å². The number of likely N-dealkylation sites (N-methyl/N-ethyl adjacent to an activating group) is 1. The molecule has 8 rings (SSSR count). The number of methoxy groups -OCH3 is 2. The Labute approximate surface area is 395 Å². The largest absolute Gasteiger partial charge is 0.497 e. The summed E-state index contributed by atoms with van der Waals surface area (Å²) in [6, 6.07) is 14.1. The van der Waals surface area contributed by atoms with Crippen molar-refractivity contribution in [2.24, 2.45) is 0 Å². The average molecular weight is 959 g/mol. The van der Waals surface area contributed by atoms with Crippen LogP contribution in [0.5, 0.6) is 11.5 Å². The second-order valence-electron chi connectivity index (χ2n) is 17.2. The lowest BCUT2D eigenvalue weighted by Gasteiger charge is -2.43. The maximum absolute atomic E-state index is 13.7. The molecule has 0 saturated carbocycles. The quantitative estimate of drug-likeness (QED) is 0.120. The number of carbonyl (C=O) groups is 4. The van der Waals surface area contributed by atoms with E-state index in [9.17, 15) is 27.6 Å². The highest BCUT2D eigenvalue weighted by molar-refractivity contribution is 7.92. The molecule has 21 heteroatoms. The summed E-state index contributed by atoms with van der Waals surface area (Å²) < 4.78 is 37.9. The number of halogens is 1. The van der Waals surface area contributed by atoms with Crippen molar-refractivity contribution >= 4 is 85.5 Å². The van der Waals surface area contributed by atoms with E-state index in [4.69, 9.17) is 21.1 Å². The van der Waals surface area contributed by atoms with Crippen molar-refractivity contribution in [3.8, 4) is 11.5 Å². The third-order valence-electron chi connectivity index (χ3n) is 12.9. The molecular weight excluding hydrogens is 902 g/mol. The molecule has 0 bridgehead atoms. The molecule has 5 heterocycles. The van der Waals surface area contributed by atoms with Crippen LogP contribution in [0.2, 0.25) is 5.02 Å². The van der Waals surface area contributed by atoms with Gasteiger partial charge in [-0.25, -0.2) is 13.4 Å². The van der Waals surface area contributed by atoms with Crippen molar-refractivity contribution < 1.29 is 37.1 Å². The number of aromatic nitrogens is 2. The van der Waals surface area contributed by atoms with Crippen LogP contribution in [0.25, 0.3) is 0 Å². The normalized spacial score (nSPS) is 18.1. The molecule has 0 radical (unpaired) electrons. The molecule has 0 spiro atoms. The summed E-state index contributed by atoms with van der Waals surface area (Å²) in [7, 11) is 1.36. The zero-order chi connectivity index (χ0) is 47.6. The van der Waals surface area contributed by atoms with E-state index < -0.39 is 22.0 Å². The van der Waals surface area contributed by atoms with Crippen LogP contribution in [0.15, 0.2) is 54.7 Å². The lowest BCUT2D eigenvalue weighted by Crippen LogP contribution is -2.55. The van der Waals surface area contributed by atoms with Gasteiger partial charge in [-0.3, -0.25) is 34.1 Å². The lowest BCUT2D eigenvalue weighted by atomic mass is 9.99. The van der Waals surface area contributed by atoms with Crippen LogP contribution in [-0.4, -0.2) is 142 Å². The average Bonchev–Trinajstić information content (AvgIpc) is 3.65. The van der Waals surface area contributed by atoms with Crippen LogP contribution in [0.3, 0.4) is 0 Å². The fraction of sp³-hybridized carbons (Fsp3) is 0.435. The number of piperazine rings is 1. The van der Waals surface area contributed by atoms with E-state index in [1.165, 1.54) is 18.2 Å². The number of nitrogens with zero attached hydrogens (tertiary/aromatic N) is 7. The maximum Gasteiger partial charge on any atom is 0.255 e. The molecule has 3 saturated heterocycles. The number of sulfonamides is 1. The van der Waals surface area contributed by atoms with Crippen LogP contribution in [-0.2, 0) is 37.4 Å². The molecule has 1 unspecified atom stereocenters. The van der Waals surface area contributed by atoms with E-state index >= 15 is 0 Å². The number of hydrogen-bond acceptors (Lipinski definition) is 15. The van der Waals surface area contributed by atoms with Gasteiger partial charge in [0.2, 0.25) is 33.7 Å². The topological polar surface area (TPSA) is 211 Å². The highest BCUT2D eigenvalue weighted by atomic mass is 35.5. The minimum atomic E-state index is -3.61. The Hall–Kier alpha value is -6.38. The van der Waals surface area contributed by atoms with E-state index in [0.29, 0.717) is 47.6 Å². The fourth-order valence-corrected chi connectivity index (χ4v) is 10.1. The number of piperidine rings is 2. The van der Waals surface area contributed by atoms with Gasteiger partial charge in [-0.15, -0.1) is 0 Å². The number of rotatable bonds is 15. The van der Waals surface area contributed by atoms with Gasteiger partial charge in [0.15, 0.2) is 5.82 Å². The maximum atomic E-state index is 13.7. The van der Waals surface area contributed by atoms with Gasteiger partial charge in [0.05, 0.1) is 50.3 Å². The van der Waals surface area contributed by atoms with Crippen molar-refractivity contribution in [1.82, 2.24) is 30.0 Å². The van der Waals surface area contributed by atoms with E-state index in [2.05, 4.69) is 59.5 Å². The Morgan fingerprint density at radius 3 is 2.39 bits per heavy atom. The first-order valence-electron chi connectivity index (χ1n) is 22.3. The van der Waals surface area contributed by atoms with Gasteiger partial charge in [0.25, 0.3) is 5.91 Å². The van der Waals surface area contributed by atoms with E-state index in [1.54, 1.807) is 37.4 Å². The predicted octanol–water partition coefficient (Wildman–Crippen LogP) is 4.58. The molecule has 19 nitrogen and oxygen atoms in total. The second kappa shape index (κ2) is 19.8. The second-order valence-corrected chi connectivity index (χ2v) is 19.3. The molecule has 3 fully saturated rings. The number of anilines is 7. The molecule has 4 N–H and O–H groups in total. The highest BCUT2D eigenvalue weighted by Gasteiger charge is 2.40. The van der Waals surface area contributed by atoms with Crippen LogP contribution in [0.4, 0.5) is 40.2 Å². The Morgan fingerprint density at radius 2 is 1.70 bits per heavy atom. The summed E-state index contributed by atoms with van der Waals surface area (Å²) in [5, 5.41) is 8.98. The number of fused-ring (bicyclic) bond motifs is 1. The monoisotopic (exact) mass is 957 g/mol. The predicted molar refractivity (Wildman–Crippen MR) is 257 cm³/mol. The summed E-state index contributed by atoms with van der Waals surface area (Å²) in [6.45, 7) is 7.06. The number of carbonyl (C=O) groups excluding carboxylic acids is 4. The Balaban J connectivity index is 0.854. The van der Waals surface area contributed by atoms with Gasteiger partial charge in [-0.05, 0) is 61.6 Å². The molecule has 4 aliphatic rings. The van der Waals surface area contributed by atoms with Gasteiger partial charge in [0, 0.05) is 100.0 Å². The first-order valence-corrected chi connectivity index (χ1v) is 24.6. The number of amides is 4. The number of aryl methyl sites for hydroxylation is 1. The Kier molecular flexibility index (Phi) is 14.0. The summed E-state index contributed by atoms with van der Waals surface area (Å²) in [5.74, 6) is 0.577. The first kappa shape index (κ1) is 47.1. The van der Waals surface area contributed by atoms with Crippen LogP contribution in [0.1, 0.15) is 54.1 Å². The Morgan fingerprint density at radius 1 is 0.940 bits per heavy atom. The van der Waals surface area contributed by atoms with Crippen molar-refractivity contribution in [3.63, 3.8) is 0 Å². The van der Waals surface area contributed by atoms with Crippen LogP contribution < -0.4 is 39.9 Å². The van der Waals surface area contributed by atoms with Crippen molar-refractivity contribution in [3.05, 3.63) is 76.4 Å². The van der Waals surface area contributed by atoms with Crippen molar-refractivity contribution in [1.29, 1.82) is 0 Å². The number of imide groups is 1. The van der Waals surface area contributed by atoms with E-state index in [1.807, 2.05) is 22.9 Å². The molecule has 3 aromatic carbocycles. The van der Waals surface area contributed by atoms with Gasteiger partial charge < -0.3 is 39.7 Å². The fourth-order valence-electron chi connectivity index (χ4n) is 9.39. The minimum Gasteiger partial charge on any atom is -0.497 e. The summed E-state index contributed by atoms with van der Waals surface area (Å²) in [5.41, 5.74) is 5.64. The molecule has 67 heavy (non-hydrogen) atoms. The standard InChI is InChI=1S/C46H56ClN11O8S/c1-6-28-22-36(50-46-48-25-33(47)43(52-46)49-34-11-10-30(65-3)23-35(34)53-67(5,63)64)40(66-4)24-39(28)56-16-14-29(15-17-56)55-18-20-57(21-19-55)42(60)27-54(2)37-9-7-8-31-32(37)26-58(45(31)62)38-12-13-41(59)51-44(38)61/h7-11,22-25,29,38,53H,6,12-21,26-27H2,1-5H3,(H,51,59,61)(H2,48,49,50,52). The zero-order valence-corrected chi connectivity index (χ0v) is 39.8. The van der Waals surface area contributed by atoms with Crippen LogP contribution in [0, 0.1) is 0 Å². The highest BCUT2D eigenvalue weighted by Crippen LogP contribution is 2.39. The zero-order valence-electron chi connectivity index (χ0n) is 38.2. The number of hydrogen-bond donors (Lipinski definition) is 4. The minimum absolute atomic E-state index is 0.0197. The lowest BCUT2D eigenvalue weighted by molar-refractivity contribution is -0.137. The Bertz CT molecular complexity index is 2670. The van der Waals surface area contributed by atoms with E-state index in [-0.39, 0.29) is 66.1 Å². The van der Waals surface area contributed by atoms with Crippen LogP contribution >= 0.6 is 11.6 Å². The summed E-state index contributed by atoms with van der Waals surface area (Å²) in [6.07, 6.45) is 5.71. The smallest absolute Gasteiger partial charge is 0.255 e. The van der Waals surface area contributed by atoms with E-state index in [0.717, 1.165) is 74.2 Å². The van der Waals surface area contributed by atoms with Gasteiger partial charge >= 0.3 is 0 Å². The third-order valence-corrected chi connectivity index (χ3v) is 13.7. The molecule has 4 aromatic rings. The number of benzene rings is 3. The number of nitrogens with one attached hydrogen (secondary N) is 4. The first-order chi connectivity index (χ1) is 32.1. The SMILES string of the molecule is CCc1cc(Nc2ncc(Cl)c(Nc3ccc(OC)cc3NS(C)(=O)=O)n2)c(OC)cc1N1CCC(N2CCN(C(=O)CN(C)c3cccc4c3CN(C3CCC(=O)NC3=O)C4=O)CC2)CC1. The van der Waals surface area contributed by atoms with Crippen molar-refractivity contribution in [2.45, 2.75) is 57.7 Å². The van der Waals surface area contributed by atoms with Gasteiger partial charge in [0.1, 0.15) is 22.6 Å². The molecule has 1 aromatic heterocycles. The van der Waals surface area contributed by atoms with Gasteiger partial charge in [-0.2, -0.15) is 4.98 Å². The molecule has 4 aliphatic heterocycles. The molecule has 1 atom stereocenters. The molecule has 0 aliphatic carbocycles. The number of ether oxygens (including phenoxy) is 2. The third kappa shape index (κ3) is 10.5. The summed E-state index contributed by atoms with van der Waals surface area (Å²) >= 11 is 6.51. The van der Waals surface area contributed by atoms with Crippen molar-refractivity contribution in [2.75, 3.05) is 98.5 Å². The molecule has 356 valence electrons. The molecule has 4 amide bonds. The summed E-state index contributed by atoms with van der Waals surface area (Å²) in [4.78, 5) is 70.6.